The van der Waals surface area contributed by atoms with Crippen molar-refractivity contribution in [3.05, 3.63) is 22.4 Å². The highest BCUT2D eigenvalue weighted by Crippen LogP contribution is 2.21. The average Bonchev–Trinajstić information content (AvgIpc) is 2.56. The Morgan fingerprint density at radius 3 is 3.00 bits per heavy atom. The summed E-state index contributed by atoms with van der Waals surface area (Å²) in [7, 11) is 0. The maximum atomic E-state index is 5.40. The molecule has 0 bridgehead atoms. The lowest BCUT2D eigenvalue weighted by molar-refractivity contribution is 0.818. The summed E-state index contributed by atoms with van der Waals surface area (Å²) in [6, 6.07) is 4.07. The van der Waals surface area contributed by atoms with Gasteiger partial charge in [0.15, 0.2) is 0 Å². The summed E-state index contributed by atoms with van der Waals surface area (Å²) in [5.74, 6) is 5.33. The Labute approximate surface area is 75.3 Å². The molecule has 0 amide bonds. The molecule has 0 aliphatic carbocycles. The normalized spacial score (nSPS) is 14.3. The van der Waals surface area contributed by atoms with E-state index in [-0.39, 0.29) is 12.0 Å². The minimum Gasteiger partial charge on any atom is -0.369 e. The molecule has 12 heavy (non-hydrogen) atoms. The van der Waals surface area contributed by atoms with E-state index in [1.165, 1.54) is 4.88 Å². The number of hydrogen-bond acceptors (Lipinski definition) is 3. The Morgan fingerprint density at radius 2 is 2.50 bits per heavy atom. The minimum absolute atomic E-state index is 0.0704. The number of hydrogen-bond donors (Lipinski definition) is 3. The second-order valence-electron chi connectivity index (χ2n) is 2.35. The fraction of sp³-hybridized carbons (Fsp3) is 0.286. The molecule has 0 radical (unpaired) electrons. The van der Waals surface area contributed by atoms with E-state index in [0.29, 0.717) is 0 Å². The lowest BCUT2D eigenvalue weighted by atomic mass is 10.3. The van der Waals surface area contributed by atoms with Gasteiger partial charge in [0, 0.05) is 4.88 Å². The summed E-state index contributed by atoms with van der Waals surface area (Å²) in [6.45, 7) is 1.97. The van der Waals surface area contributed by atoms with Crippen molar-refractivity contribution in [3.8, 4) is 0 Å². The summed E-state index contributed by atoms with van der Waals surface area (Å²) < 4.78 is 0. The van der Waals surface area contributed by atoms with Gasteiger partial charge in [0.05, 0.1) is 6.04 Å². The van der Waals surface area contributed by atoms with Gasteiger partial charge in [-0.2, -0.15) is 0 Å². The predicted octanol–water partition coefficient (Wildman–Crippen LogP) is 0.587. The molecule has 1 heterocycles. The Morgan fingerprint density at radius 1 is 1.75 bits per heavy atom. The van der Waals surface area contributed by atoms with E-state index in [4.69, 9.17) is 11.6 Å². The van der Waals surface area contributed by atoms with Crippen LogP contribution in [0.15, 0.2) is 22.5 Å². The third-order valence-corrected chi connectivity index (χ3v) is 2.48. The van der Waals surface area contributed by atoms with E-state index in [0.717, 1.165) is 0 Å². The van der Waals surface area contributed by atoms with E-state index in [2.05, 4.69) is 10.4 Å². The highest BCUT2D eigenvalue weighted by molar-refractivity contribution is 7.10. The number of thiophene rings is 1. The van der Waals surface area contributed by atoms with Crippen molar-refractivity contribution < 1.29 is 0 Å². The van der Waals surface area contributed by atoms with Crippen LogP contribution in [0.3, 0.4) is 0 Å². The number of rotatable bonds is 2. The van der Waals surface area contributed by atoms with Crippen molar-refractivity contribution in [2.24, 2.45) is 16.6 Å². The molecule has 1 aromatic heterocycles. The smallest absolute Gasteiger partial charge is 0.203 e. The van der Waals surface area contributed by atoms with Crippen molar-refractivity contribution in [2.45, 2.75) is 13.0 Å². The zero-order valence-electron chi connectivity index (χ0n) is 6.82. The quantitative estimate of drug-likeness (QED) is 0.272. The second-order valence-corrected chi connectivity index (χ2v) is 3.33. The Bertz CT molecular complexity index is 254. The van der Waals surface area contributed by atoms with Crippen LogP contribution in [-0.4, -0.2) is 5.96 Å². The van der Waals surface area contributed by atoms with E-state index >= 15 is 0 Å². The fourth-order valence-corrected chi connectivity index (χ4v) is 1.56. The SMILES string of the molecule is C[C@@H](N=C(N)NN)c1cccs1. The zero-order chi connectivity index (χ0) is 8.97. The van der Waals surface area contributed by atoms with Crippen LogP contribution >= 0.6 is 11.3 Å². The maximum Gasteiger partial charge on any atom is 0.203 e. The fourth-order valence-electron chi connectivity index (χ4n) is 0.839. The van der Waals surface area contributed by atoms with Gasteiger partial charge >= 0.3 is 0 Å². The number of aliphatic imine (C=N–C) groups is 1. The number of nitrogens with one attached hydrogen (secondary N) is 1. The van der Waals surface area contributed by atoms with Crippen molar-refractivity contribution in [1.29, 1.82) is 0 Å². The van der Waals surface area contributed by atoms with E-state index < -0.39 is 0 Å². The second kappa shape index (κ2) is 4.08. The Hall–Kier alpha value is -1.07. The molecule has 0 aliphatic rings. The van der Waals surface area contributed by atoms with Gasteiger partial charge in [-0.3, -0.25) is 5.43 Å². The van der Waals surface area contributed by atoms with Gasteiger partial charge in [-0.15, -0.1) is 11.3 Å². The lowest BCUT2D eigenvalue weighted by Gasteiger charge is -2.04. The standard InChI is InChI=1S/C7H12N4S/c1-5(10-7(8)11-9)6-3-2-4-12-6/h2-5H,9H2,1H3,(H3,8,10,11)/t5-/m1/s1. The van der Waals surface area contributed by atoms with E-state index in [1.807, 2.05) is 24.4 Å². The van der Waals surface area contributed by atoms with Gasteiger partial charge in [0.2, 0.25) is 5.96 Å². The van der Waals surface area contributed by atoms with Gasteiger partial charge in [0.1, 0.15) is 0 Å². The topological polar surface area (TPSA) is 76.4 Å². The number of guanidine groups is 1. The molecule has 1 rings (SSSR count). The highest BCUT2D eigenvalue weighted by atomic mass is 32.1. The molecular weight excluding hydrogens is 172 g/mol. The molecule has 1 atom stereocenters. The first-order chi connectivity index (χ1) is 5.74. The molecule has 1 aromatic rings. The molecule has 4 nitrogen and oxygen atoms in total. The summed E-state index contributed by atoms with van der Waals surface area (Å²) in [5.41, 5.74) is 7.69. The molecule has 0 aromatic carbocycles. The van der Waals surface area contributed by atoms with Crippen LogP contribution < -0.4 is 17.0 Å². The van der Waals surface area contributed by atoms with Crippen LogP contribution in [0.4, 0.5) is 0 Å². The average molecular weight is 184 g/mol. The first kappa shape index (κ1) is 9.02. The first-order valence-electron chi connectivity index (χ1n) is 3.57. The molecule has 5 N–H and O–H groups in total. The molecule has 0 saturated heterocycles. The highest BCUT2D eigenvalue weighted by Gasteiger charge is 2.03. The molecular formula is C7H12N4S. The summed E-state index contributed by atoms with van der Waals surface area (Å²) in [4.78, 5) is 5.28. The van der Waals surface area contributed by atoms with Crippen LogP contribution in [0.5, 0.6) is 0 Å². The molecule has 0 unspecified atom stereocenters. The van der Waals surface area contributed by atoms with Gasteiger partial charge in [-0.1, -0.05) is 6.07 Å². The van der Waals surface area contributed by atoms with E-state index in [1.54, 1.807) is 11.3 Å². The minimum atomic E-state index is 0.0704. The molecule has 5 heteroatoms. The van der Waals surface area contributed by atoms with Crippen molar-refractivity contribution in [2.75, 3.05) is 0 Å². The summed E-state index contributed by atoms with van der Waals surface area (Å²) in [5, 5.41) is 2.01. The molecule has 0 aliphatic heterocycles. The molecule has 0 fully saturated rings. The van der Waals surface area contributed by atoms with Gasteiger partial charge in [-0.25, -0.2) is 10.8 Å². The third-order valence-electron chi connectivity index (χ3n) is 1.44. The maximum absolute atomic E-state index is 5.40. The molecule has 66 valence electrons. The Balaban J connectivity index is 2.66. The number of nitrogens with two attached hydrogens (primary N) is 2. The van der Waals surface area contributed by atoms with E-state index in [9.17, 15) is 0 Å². The van der Waals surface area contributed by atoms with Gasteiger partial charge < -0.3 is 5.73 Å². The van der Waals surface area contributed by atoms with Crippen LogP contribution in [0, 0.1) is 0 Å². The zero-order valence-corrected chi connectivity index (χ0v) is 7.64. The lowest BCUT2D eigenvalue weighted by Crippen LogP contribution is -2.37. The van der Waals surface area contributed by atoms with Crippen LogP contribution in [-0.2, 0) is 0 Å². The largest absolute Gasteiger partial charge is 0.369 e. The van der Waals surface area contributed by atoms with Crippen molar-refractivity contribution in [1.82, 2.24) is 5.43 Å². The number of nitrogens with zero attached hydrogens (tertiary/aromatic N) is 1. The van der Waals surface area contributed by atoms with Crippen LogP contribution in [0.1, 0.15) is 17.8 Å². The first-order valence-corrected chi connectivity index (χ1v) is 4.45. The van der Waals surface area contributed by atoms with Crippen LogP contribution in [0.25, 0.3) is 0 Å². The number of hydrazine groups is 1. The van der Waals surface area contributed by atoms with Crippen molar-refractivity contribution in [3.63, 3.8) is 0 Å². The van der Waals surface area contributed by atoms with Gasteiger partial charge in [0.25, 0.3) is 0 Å². The monoisotopic (exact) mass is 184 g/mol. The third kappa shape index (κ3) is 2.21. The summed E-state index contributed by atoms with van der Waals surface area (Å²) >= 11 is 1.65. The van der Waals surface area contributed by atoms with Crippen LogP contribution in [0.2, 0.25) is 0 Å². The molecule has 0 saturated carbocycles. The summed E-state index contributed by atoms with van der Waals surface area (Å²) in [6.07, 6.45) is 0. The Kier molecular flexibility index (Phi) is 3.07. The van der Waals surface area contributed by atoms with Crippen molar-refractivity contribution >= 4 is 17.3 Å². The van der Waals surface area contributed by atoms with Gasteiger partial charge in [-0.05, 0) is 18.4 Å². The predicted molar refractivity (Wildman–Crippen MR) is 51.7 cm³/mol. The molecule has 0 spiro atoms.